The van der Waals surface area contributed by atoms with E-state index in [4.69, 9.17) is 0 Å². The number of aryl methyl sites for hydroxylation is 2. The maximum Gasteiger partial charge on any atom is 0.315 e. The highest BCUT2D eigenvalue weighted by Gasteiger charge is 2.23. The number of anilines is 1. The van der Waals surface area contributed by atoms with Crippen LogP contribution in [-0.4, -0.2) is 24.5 Å². The van der Waals surface area contributed by atoms with Gasteiger partial charge in [0.2, 0.25) is 5.91 Å². The minimum atomic E-state index is -0.279. The lowest BCUT2D eigenvalue weighted by molar-refractivity contribution is -0.115. The molecule has 3 N–H and O–H groups in total. The number of rotatable bonds is 4. The molecule has 1 aliphatic rings. The van der Waals surface area contributed by atoms with Gasteiger partial charge in [-0.2, -0.15) is 0 Å². The van der Waals surface area contributed by atoms with Crippen molar-refractivity contribution in [3.8, 4) is 0 Å². The van der Waals surface area contributed by atoms with E-state index >= 15 is 0 Å². The number of benzene rings is 1. The van der Waals surface area contributed by atoms with E-state index in [1.54, 1.807) is 0 Å². The lowest BCUT2D eigenvalue weighted by atomic mass is 10.1. The molecule has 0 radical (unpaired) electrons. The average molecular weight is 261 g/mol. The van der Waals surface area contributed by atoms with Crippen molar-refractivity contribution in [1.82, 2.24) is 10.6 Å². The fraction of sp³-hybridized carbons (Fsp3) is 0.429. The molecule has 19 heavy (non-hydrogen) atoms. The van der Waals surface area contributed by atoms with Gasteiger partial charge in [-0.15, -0.1) is 0 Å². The summed E-state index contributed by atoms with van der Waals surface area (Å²) in [6.07, 6.45) is 2.06. The van der Waals surface area contributed by atoms with Gasteiger partial charge in [-0.1, -0.05) is 18.2 Å². The van der Waals surface area contributed by atoms with E-state index in [0.29, 0.717) is 6.04 Å². The van der Waals surface area contributed by atoms with E-state index in [1.807, 2.05) is 32.0 Å². The molecule has 1 aromatic rings. The molecule has 1 aromatic carbocycles. The summed E-state index contributed by atoms with van der Waals surface area (Å²) in [4.78, 5) is 23.2. The highest BCUT2D eigenvalue weighted by molar-refractivity contribution is 5.95. The van der Waals surface area contributed by atoms with Crippen LogP contribution in [0.15, 0.2) is 18.2 Å². The molecule has 5 heteroatoms. The van der Waals surface area contributed by atoms with Gasteiger partial charge in [0.1, 0.15) is 0 Å². The monoisotopic (exact) mass is 261 g/mol. The molecule has 0 aliphatic heterocycles. The predicted molar refractivity (Wildman–Crippen MR) is 74.1 cm³/mol. The molecule has 0 aromatic heterocycles. The number of hydrogen-bond donors (Lipinski definition) is 3. The highest BCUT2D eigenvalue weighted by atomic mass is 16.2. The van der Waals surface area contributed by atoms with Crippen LogP contribution in [0.3, 0.4) is 0 Å². The summed E-state index contributed by atoms with van der Waals surface area (Å²) >= 11 is 0. The van der Waals surface area contributed by atoms with Crippen LogP contribution in [0.5, 0.6) is 0 Å². The van der Waals surface area contributed by atoms with Crippen molar-refractivity contribution in [3.63, 3.8) is 0 Å². The molecule has 0 heterocycles. The third-order valence-corrected chi connectivity index (χ3v) is 3.07. The Morgan fingerprint density at radius 1 is 1.21 bits per heavy atom. The van der Waals surface area contributed by atoms with E-state index < -0.39 is 0 Å². The van der Waals surface area contributed by atoms with Gasteiger partial charge < -0.3 is 16.0 Å². The standard InChI is InChI=1S/C14H19N3O2/c1-9-4-3-5-10(2)13(9)17-12(18)8-15-14(19)16-11-6-7-11/h3-5,11H,6-8H2,1-2H3,(H,17,18)(H2,15,16,19). The molecule has 0 saturated heterocycles. The molecule has 1 aliphatic carbocycles. The summed E-state index contributed by atoms with van der Waals surface area (Å²) in [5, 5.41) is 8.14. The quantitative estimate of drug-likeness (QED) is 0.772. The lowest BCUT2D eigenvalue weighted by Crippen LogP contribution is -2.41. The maximum atomic E-state index is 11.8. The van der Waals surface area contributed by atoms with E-state index in [-0.39, 0.29) is 18.5 Å². The minimum absolute atomic E-state index is 0.0215. The van der Waals surface area contributed by atoms with Gasteiger partial charge >= 0.3 is 6.03 Å². The first-order chi connectivity index (χ1) is 9.06. The second-order valence-corrected chi connectivity index (χ2v) is 4.92. The van der Waals surface area contributed by atoms with Gasteiger partial charge in [-0.05, 0) is 37.8 Å². The van der Waals surface area contributed by atoms with E-state index in [1.165, 1.54) is 0 Å². The first kappa shape index (κ1) is 13.4. The second-order valence-electron chi connectivity index (χ2n) is 4.92. The van der Waals surface area contributed by atoms with Gasteiger partial charge in [0.25, 0.3) is 0 Å². The summed E-state index contributed by atoms with van der Waals surface area (Å²) in [5.74, 6) is -0.219. The summed E-state index contributed by atoms with van der Waals surface area (Å²) < 4.78 is 0. The normalized spacial score (nSPS) is 13.8. The number of carbonyl (C=O) groups excluding carboxylic acids is 2. The molecule has 0 atom stereocenters. The Labute approximate surface area is 112 Å². The van der Waals surface area contributed by atoms with Crippen molar-refractivity contribution in [2.24, 2.45) is 0 Å². The van der Waals surface area contributed by atoms with Gasteiger partial charge in [-0.3, -0.25) is 4.79 Å². The van der Waals surface area contributed by atoms with Crippen molar-refractivity contribution in [3.05, 3.63) is 29.3 Å². The Morgan fingerprint density at radius 2 is 1.84 bits per heavy atom. The third kappa shape index (κ3) is 3.98. The van der Waals surface area contributed by atoms with E-state index in [9.17, 15) is 9.59 Å². The average Bonchev–Trinajstić information content (AvgIpc) is 3.15. The summed E-state index contributed by atoms with van der Waals surface area (Å²) in [6, 6.07) is 5.84. The first-order valence-electron chi connectivity index (χ1n) is 6.46. The van der Waals surface area contributed by atoms with Crippen LogP contribution in [-0.2, 0) is 4.79 Å². The molecule has 0 bridgehead atoms. The molecule has 1 saturated carbocycles. The van der Waals surface area contributed by atoms with Crippen LogP contribution in [0, 0.1) is 13.8 Å². The van der Waals surface area contributed by atoms with E-state index in [0.717, 1.165) is 29.7 Å². The van der Waals surface area contributed by atoms with Gasteiger partial charge in [0.15, 0.2) is 0 Å². The second kappa shape index (κ2) is 5.73. The minimum Gasteiger partial charge on any atom is -0.335 e. The number of urea groups is 1. The molecule has 0 spiro atoms. The number of carbonyl (C=O) groups is 2. The smallest absolute Gasteiger partial charge is 0.315 e. The summed E-state index contributed by atoms with van der Waals surface area (Å²) in [7, 11) is 0. The molecular formula is C14H19N3O2. The van der Waals surface area contributed by atoms with Crippen LogP contribution in [0.2, 0.25) is 0 Å². The Morgan fingerprint density at radius 3 is 2.42 bits per heavy atom. The Balaban J connectivity index is 1.81. The number of nitrogens with one attached hydrogen (secondary N) is 3. The van der Waals surface area contributed by atoms with Gasteiger partial charge in [0, 0.05) is 11.7 Å². The molecule has 5 nitrogen and oxygen atoms in total. The SMILES string of the molecule is Cc1cccc(C)c1NC(=O)CNC(=O)NC1CC1. The topological polar surface area (TPSA) is 70.2 Å². The van der Waals surface area contributed by atoms with Gasteiger partial charge in [0.05, 0.1) is 6.54 Å². The summed E-state index contributed by atoms with van der Waals surface area (Å²) in [6.45, 7) is 3.86. The lowest BCUT2D eigenvalue weighted by Gasteiger charge is -2.12. The van der Waals surface area contributed by atoms with Gasteiger partial charge in [-0.25, -0.2) is 4.79 Å². The molecule has 2 rings (SSSR count). The zero-order valence-electron chi connectivity index (χ0n) is 11.2. The Bertz CT molecular complexity index is 475. The highest BCUT2D eigenvalue weighted by Crippen LogP contribution is 2.19. The number of amides is 3. The number of para-hydroxylation sites is 1. The zero-order chi connectivity index (χ0) is 13.8. The van der Waals surface area contributed by atoms with Crippen molar-refractivity contribution in [2.75, 3.05) is 11.9 Å². The molecular weight excluding hydrogens is 242 g/mol. The van der Waals surface area contributed by atoms with Crippen LogP contribution in [0.4, 0.5) is 10.5 Å². The molecule has 0 unspecified atom stereocenters. The van der Waals surface area contributed by atoms with Crippen LogP contribution in [0.25, 0.3) is 0 Å². The number of hydrogen-bond acceptors (Lipinski definition) is 2. The van der Waals surface area contributed by atoms with Crippen LogP contribution in [0.1, 0.15) is 24.0 Å². The van der Waals surface area contributed by atoms with E-state index in [2.05, 4.69) is 16.0 Å². The predicted octanol–water partition coefficient (Wildman–Crippen LogP) is 1.70. The van der Waals surface area contributed by atoms with Crippen molar-refractivity contribution >= 4 is 17.6 Å². The van der Waals surface area contributed by atoms with Crippen molar-refractivity contribution in [1.29, 1.82) is 0 Å². The molecule has 3 amide bonds. The molecule has 102 valence electrons. The maximum absolute atomic E-state index is 11.8. The van der Waals surface area contributed by atoms with Crippen LogP contribution >= 0.6 is 0 Å². The van der Waals surface area contributed by atoms with Crippen molar-refractivity contribution in [2.45, 2.75) is 32.7 Å². The summed E-state index contributed by atoms with van der Waals surface area (Å²) in [5.41, 5.74) is 2.84. The Kier molecular flexibility index (Phi) is 4.04. The zero-order valence-corrected chi connectivity index (χ0v) is 11.2. The van der Waals surface area contributed by atoms with Crippen LogP contribution < -0.4 is 16.0 Å². The molecule has 1 fully saturated rings. The third-order valence-electron chi connectivity index (χ3n) is 3.07. The Hall–Kier alpha value is -2.04. The fourth-order valence-electron chi connectivity index (χ4n) is 1.82. The fourth-order valence-corrected chi connectivity index (χ4v) is 1.82. The largest absolute Gasteiger partial charge is 0.335 e. The first-order valence-corrected chi connectivity index (χ1v) is 6.46. The van der Waals surface area contributed by atoms with Crippen molar-refractivity contribution < 1.29 is 9.59 Å².